The van der Waals surface area contributed by atoms with Gasteiger partial charge in [0.2, 0.25) is 10.0 Å². The molecule has 0 heterocycles. The van der Waals surface area contributed by atoms with Gasteiger partial charge in [-0.05, 0) is 65.4 Å². The molecular weight excluding hydrogens is 406 g/mol. The predicted molar refractivity (Wildman–Crippen MR) is 118 cm³/mol. The lowest BCUT2D eigenvalue weighted by Gasteiger charge is -2.24. The van der Waals surface area contributed by atoms with Gasteiger partial charge in [0.15, 0.2) is 0 Å². The molecule has 0 saturated heterocycles. The second kappa shape index (κ2) is 9.72. The van der Waals surface area contributed by atoms with Crippen molar-refractivity contribution in [2.45, 2.75) is 31.2 Å². The maximum absolute atomic E-state index is 13.3. The van der Waals surface area contributed by atoms with Crippen LogP contribution in [-0.2, 0) is 16.6 Å². The first-order valence-corrected chi connectivity index (χ1v) is 11.6. The Morgan fingerprint density at radius 3 is 2.34 bits per heavy atom. The Hall–Kier alpha value is -1.92. The molecule has 0 aliphatic heterocycles. The van der Waals surface area contributed by atoms with Gasteiger partial charge in [-0.1, -0.05) is 54.9 Å². The molecule has 3 aromatic rings. The standard InChI is InChI=1S/C23H26ClNO3S/c1-18(13-15-26)12-14-25(29(27,28)23-10-8-22(24)9-11-23)17-19-6-7-20-4-2-3-5-21(20)16-19/h2-11,16,18,26H,12-15,17H2,1H3/t18-/m1/s1. The largest absolute Gasteiger partial charge is 0.396 e. The number of benzene rings is 3. The Bertz CT molecular complexity index is 1050. The maximum Gasteiger partial charge on any atom is 0.243 e. The summed E-state index contributed by atoms with van der Waals surface area (Å²) in [6, 6.07) is 20.3. The smallest absolute Gasteiger partial charge is 0.243 e. The Morgan fingerprint density at radius 2 is 1.66 bits per heavy atom. The molecular formula is C23H26ClNO3S. The summed E-state index contributed by atoms with van der Waals surface area (Å²) in [6.07, 6.45) is 1.34. The number of halogens is 1. The zero-order valence-electron chi connectivity index (χ0n) is 16.5. The molecule has 0 saturated carbocycles. The molecule has 3 rings (SSSR count). The van der Waals surface area contributed by atoms with Gasteiger partial charge in [0.25, 0.3) is 0 Å². The Morgan fingerprint density at radius 1 is 0.966 bits per heavy atom. The first-order valence-electron chi connectivity index (χ1n) is 9.74. The van der Waals surface area contributed by atoms with Crippen molar-refractivity contribution in [1.29, 1.82) is 0 Å². The monoisotopic (exact) mass is 431 g/mol. The minimum atomic E-state index is -3.67. The van der Waals surface area contributed by atoms with Gasteiger partial charge >= 0.3 is 0 Å². The van der Waals surface area contributed by atoms with Gasteiger partial charge in [-0.15, -0.1) is 0 Å². The fourth-order valence-corrected chi connectivity index (χ4v) is 4.88. The van der Waals surface area contributed by atoms with Gasteiger partial charge in [0, 0.05) is 24.7 Å². The second-order valence-corrected chi connectivity index (χ2v) is 9.75. The number of rotatable bonds is 9. The van der Waals surface area contributed by atoms with Crippen LogP contribution in [0.2, 0.25) is 5.02 Å². The molecule has 0 aromatic heterocycles. The molecule has 0 fully saturated rings. The zero-order valence-corrected chi connectivity index (χ0v) is 18.0. The van der Waals surface area contributed by atoms with Gasteiger partial charge in [0.05, 0.1) is 4.90 Å². The summed E-state index contributed by atoms with van der Waals surface area (Å²) >= 11 is 5.93. The lowest BCUT2D eigenvalue weighted by molar-refractivity contribution is 0.251. The van der Waals surface area contributed by atoms with E-state index in [1.807, 2.05) is 49.4 Å². The molecule has 3 aromatic carbocycles. The van der Waals surface area contributed by atoms with Crippen molar-refractivity contribution < 1.29 is 13.5 Å². The van der Waals surface area contributed by atoms with E-state index in [9.17, 15) is 8.42 Å². The predicted octanol–water partition coefficient (Wildman–Crippen LogP) is 5.09. The van der Waals surface area contributed by atoms with Crippen LogP contribution < -0.4 is 0 Å². The third-order valence-corrected chi connectivity index (χ3v) is 7.23. The van der Waals surface area contributed by atoms with Gasteiger partial charge in [-0.2, -0.15) is 4.31 Å². The van der Waals surface area contributed by atoms with Gasteiger partial charge in [0.1, 0.15) is 0 Å². The van der Waals surface area contributed by atoms with Crippen molar-refractivity contribution in [1.82, 2.24) is 4.31 Å². The number of nitrogens with zero attached hydrogens (tertiary/aromatic N) is 1. The number of sulfonamides is 1. The molecule has 0 unspecified atom stereocenters. The summed E-state index contributed by atoms with van der Waals surface area (Å²) in [5.41, 5.74) is 0.941. The average molecular weight is 432 g/mol. The van der Waals surface area contributed by atoms with E-state index < -0.39 is 10.0 Å². The van der Waals surface area contributed by atoms with Crippen LogP contribution in [0.4, 0.5) is 0 Å². The number of hydrogen-bond donors (Lipinski definition) is 1. The van der Waals surface area contributed by atoms with Gasteiger partial charge in [-0.3, -0.25) is 0 Å². The molecule has 4 nitrogen and oxygen atoms in total. The van der Waals surface area contributed by atoms with Crippen molar-refractivity contribution in [3.8, 4) is 0 Å². The highest BCUT2D eigenvalue weighted by atomic mass is 35.5. The highest BCUT2D eigenvalue weighted by Gasteiger charge is 2.25. The summed E-state index contributed by atoms with van der Waals surface area (Å²) in [6.45, 7) is 2.82. The van der Waals surface area contributed by atoms with E-state index in [4.69, 9.17) is 16.7 Å². The number of fused-ring (bicyclic) bond motifs is 1. The summed E-state index contributed by atoms with van der Waals surface area (Å²) in [4.78, 5) is 0.234. The molecule has 29 heavy (non-hydrogen) atoms. The van der Waals surface area contributed by atoms with Crippen LogP contribution in [0, 0.1) is 5.92 Å². The molecule has 0 spiro atoms. The quantitative estimate of drug-likeness (QED) is 0.513. The Kier molecular flexibility index (Phi) is 7.30. The van der Waals surface area contributed by atoms with Crippen LogP contribution in [0.1, 0.15) is 25.3 Å². The van der Waals surface area contributed by atoms with E-state index >= 15 is 0 Å². The summed E-state index contributed by atoms with van der Waals surface area (Å²) in [5, 5.41) is 11.9. The van der Waals surface area contributed by atoms with Crippen molar-refractivity contribution in [3.05, 3.63) is 77.3 Å². The summed E-state index contributed by atoms with van der Waals surface area (Å²) in [7, 11) is -3.67. The molecule has 1 N–H and O–H groups in total. The average Bonchev–Trinajstić information content (AvgIpc) is 2.71. The summed E-state index contributed by atoms with van der Waals surface area (Å²) in [5.74, 6) is 0.236. The minimum absolute atomic E-state index is 0.107. The second-order valence-electron chi connectivity index (χ2n) is 7.38. The lowest BCUT2D eigenvalue weighted by atomic mass is 10.0. The third-order valence-electron chi connectivity index (χ3n) is 5.12. The van der Waals surface area contributed by atoms with Crippen LogP contribution in [0.15, 0.2) is 71.6 Å². The Labute approximate surface area is 177 Å². The molecule has 0 aliphatic rings. The van der Waals surface area contributed by atoms with Crippen LogP contribution in [0.5, 0.6) is 0 Å². The van der Waals surface area contributed by atoms with Gasteiger partial charge in [-0.25, -0.2) is 8.42 Å². The third kappa shape index (κ3) is 5.58. The molecule has 0 radical (unpaired) electrons. The van der Waals surface area contributed by atoms with E-state index in [1.54, 1.807) is 24.3 Å². The summed E-state index contributed by atoms with van der Waals surface area (Å²) < 4.78 is 28.2. The van der Waals surface area contributed by atoms with E-state index in [0.717, 1.165) is 16.3 Å². The maximum atomic E-state index is 13.3. The van der Waals surface area contributed by atoms with Gasteiger partial charge < -0.3 is 5.11 Å². The zero-order chi connectivity index (χ0) is 20.9. The van der Waals surface area contributed by atoms with Crippen molar-refractivity contribution in [2.75, 3.05) is 13.2 Å². The van der Waals surface area contributed by atoms with Crippen LogP contribution in [0.3, 0.4) is 0 Å². The fourth-order valence-electron chi connectivity index (χ4n) is 3.31. The first kappa shape index (κ1) is 21.8. The van der Waals surface area contributed by atoms with E-state index in [1.165, 1.54) is 4.31 Å². The molecule has 0 amide bonds. The Balaban J connectivity index is 1.89. The van der Waals surface area contributed by atoms with E-state index in [-0.39, 0.29) is 17.4 Å². The van der Waals surface area contributed by atoms with Crippen molar-refractivity contribution in [3.63, 3.8) is 0 Å². The first-order chi connectivity index (χ1) is 13.9. The molecule has 1 atom stereocenters. The number of hydrogen-bond acceptors (Lipinski definition) is 3. The number of aliphatic hydroxyl groups excluding tert-OH is 1. The van der Waals surface area contributed by atoms with Crippen LogP contribution in [0.25, 0.3) is 10.8 Å². The highest BCUT2D eigenvalue weighted by molar-refractivity contribution is 7.89. The number of aliphatic hydroxyl groups is 1. The topological polar surface area (TPSA) is 57.6 Å². The molecule has 154 valence electrons. The van der Waals surface area contributed by atoms with Crippen LogP contribution >= 0.6 is 11.6 Å². The highest BCUT2D eigenvalue weighted by Crippen LogP contribution is 2.24. The molecule has 6 heteroatoms. The fraction of sp³-hybridized carbons (Fsp3) is 0.304. The molecule has 0 bridgehead atoms. The van der Waals surface area contributed by atoms with Crippen molar-refractivity contribution >= 4 is 32.4 Å². The lowest BCUT2D eigenvalue weighted by Crippen LogP contribution is -2.32. The van der Waals surface area contributed by atoms with Crippen LogP contribution in [-0.4, -0.2) is 31.0 Å². The minimum Gasteiger partial charge on any atom is -0.396 e. The van der Waals surface area contributed by atoms with E-state index in [2.05, 4.69) is 0 Å². The van der Waals surface area contributed by atoms with E-state index in [0.29, 0.717) is 31.0 Å². The SMILES string of the molecule is C[C@@H](CCO)CCN(Cc1ccc2ccccc2c1)S(=O)(=O)c1ccc(Cl)cc1. The normalized spacial score (nSPS) is 13.1. The van der Waals surface area contributed by atoms with Crippen molar-refractivity contribution in [2.24, 2.45) is 5.92 Å². The molecule has 0 aliphatic carbocycles.